The van der Waals surface area contributed by atoms with Gasteiger partial charge < -0.3 is 4.90 Å². The molecule has 5 heteroatoms. The Morgan fingerprint density at radius 2 is 1.76 bits per heavy atom. The number of fused-ring (bicyclic) bond motifs is 1. The Bertz CT molecular complexity index is 1050. The quantitative estimate of drug-likeness (QED) is 0.608. The summed E-state index contributed by atoms with van der Waals surface area (Å²) in [4.78, 5) is 9.92. The molecule has 2 aromatic carbocycles. The Morgan fingerprint density at radius 3 is 2.48 bits per heavy atom. The molecule has 0 aliphatic carbocycles. The van der Waals surface area contributed by atoms with Gasteiger partial charge in [0.1, 0.15) is 0 Å². The Morgan fingerprint density at radius 1 is 1.03 bits per heavy atom. The molecular weight excluding hydrogens is 376 g/mol. The van der Waals surface area contributed by atoms with Gasteiger partial charge in [-0.2, -0.15) is 5.26 Å². The number of benzene rings is 2. The van der Waals surface area contributed by atoms with E-state index < -0.39 is 0 Å². The summed E-state index contributed by atoms with van der Waals surface area (Å²) in [7, 11) is 0. The van der Waals surface area contributed by atoms with E-state index >= 15 is 0 Å². The van der Waals surface area contributed by atoms with Crippen LogP contribution in [0.3, 0.4) is 0 Å². The van der Waals surface area contributed by atoms with Crippen molar-refractivity contribution in [3.8, 4) is 6.07 Å². The van der Waals surface area contributed by atoms with Crippen LogP contribution < -0.4 is 4.90 Å². The summed E-state index contributed by atoms with van der Waals surface area (Å²) in [6.07, 6.45) is 0.477. The third-order valence-corrected chi connectivity index (χ3v) is 6.83. The molecule has 0 amide bonds. The van der Waals surface area contributed by atoms with Gasteiger partial charge in [0.25, 0.3) is 0 Å². The summed E-state index contributed by atoms with van der Waals surface area (Å²) in [5, 5.41) is 10.2. The molecule has 1 fully saturated rings. The van der Waals surface area contributed by atoms with Crippen molar-refractivity contribution in [3.05, 3.63) is 58.7 Å². The SMILES string of the molecule is Cc1cc(CC#N)cc(CN2C(C)CN(c3nc4ccc(C)cc4s3)CC2C)c1. The van der Waals surface area contributed by atoms with Gasteiger partial charge in [-0.05, 0) is 56.5 Å². The first-order chi connectivity index (χ1) is 13.9. The van der Waals surface area contributed by atoms with Gasteiger partial charge in [0.2, 0.25) is 0 Å². The first-order valence-electron chi connectivity index (χ1n) is 10.3. The average molecular weight is 405 g/mol. The van der Waals surface area contributed by atoms with Crippen molar-refractivity contribution < 1.29 is 0 Å². The third kappa shape index (κ3) is 4.29. The van der Waals surface area contributed by atoms with Crippen molar-refractivity contribution in [2.24, 2.45) is 0 Å². The van der Waals surface area contributed by atoms with Gasteiger partial charge in [-0.3, -0.25) is 4.90 Å². The average Bonchev–Trinajstić information content (AvgIpc) is 3.07. The molecule has 1 aliphatic heterocycles. The minimum Gasteiger partial charge on any atom is -0.345 e. The van der Waals surface area contributed by atoms with Gasteiger partial charge in [0.05, 0.1) is 22.7 Å². The van der Waals surface area contributed by atoms with E-state index in [-0.39, 0.29) is 0 Å². The van der Waals surface area contributed by atoms with Crippen molar-refractivity contribution in [1.29, 1.82) is 5.26 Å². The van der Waals surface area contributed by atoms with Gasteiger partial charge in [0, 0.05) is 31.7 Å². The molecular formula is C24H28N4S. The van der Waals surface area contributed by atoms with Crippen LogP contribution in [0.1, 0.15) is 36.1 Å². The molecule has 0 spiro atoms. The maximum Gasteiger partial charge on any atom is 0.186 e. The molecule has 150 valence electrons. The predicted molar refractivity (Wildman–Crippen MR) is 122 cm³/mol. The zero-order chi connectivity index (χ0) is 20.5. The Balaban J connectivity index is 1.51. The van der Waals surface area contributed by atoms with E-state index in [0.29, 0.717) is 18.5 Å². The van der Waals surface area contributed by atoms with E-state index in [1.165, 1.54) is 21.4 Å². The molecule has 1 saturated heterocycles. The lowest BCUT2D eigenvalue weighted by Gasteiger charge is -2.44. The van der Waals surface area contributed by atoms with Gasteiger partial charge in [-0.1, -0.05) is 41.2 Å². The molecule has 1 aliphatic rings. The summed E-state index contributed by atoms with van der Waals surface area (Å²) < 4.78 is 1.27. The van der Waals surface area contributed by atoms with Crippen LogP contribution in [0, 0.1) is 25.2 Å². The van der Waals surface area contributed by atoms with E-state index in [4.69, 9.17) is 10.2 Å². The Kier molecular flexibility index (Phi) is 5.58. The van der Waals surface area contributed by atoms with Crippen molar-refractivity contribution in [2.75, 3.05) is 18.0 Å². The molecule has 4 nitrogen and oxygen atoms in total. The molecule has 2 heterocycles. The molecule has 2 atom stereocenters. The Labute approximate surface area is 177 Å². The number of hydrogen-bond acceptors (Lipinski definition) is 5. The van der Waals surface area contributed by atoms with Gasteiger partial charge in [-0.15, -0.1) is 0 Å². The second-order valence-electron chi connectivity index (χ2n) is 8.40. The zero-order valence-electron chi connectivity index (χ0n) is 17.6. The highest BCUT2D eigenvalue weighted by atomic mass is 32.1. The molecule has 0 saturated carbocycles. The maximum atomic E-state index is 9.04. The monoisotopic (exact) mass is 404 g/mol. The fraction of sp³-hybridized carbons (Fsp3) is 0.417. The second-order valence-corrected chi connectivity index (χ2v) is 9.41. The lowest BCUT2D eigenvalue weighted by molar-refractivity contribution is 0.123. The highest BCUT2D eigenvalue weighted by molar-refractivity contribution is 7.22. The van der Waals surface area contributed by atoms with Crippen molar-refractivity contribution in [1.82, 2.24) is 9.88 Å². The summed E-state index contributed by atoms with van der Waals surface area (Å²) in [6, 6.07) is 16.2. The fourth-order valence-corrected chi connectivity index (χ4v) is 5.50. The molecule has 0 radical (unpaired) electrons. The van der Waals surface area contributed by atoms with Crippen molar-refractivity contribution in [2.45, 2.75) is 52.7 Å². The molecule has 1 aromatic heterocycles. The lowest BCUT2D eigenvalue weighted by Crippen LogP contribution is -2.56. The number of thiazole rings is 1. The predicted octanol–water partition coefficient (Wildman–Crippen LogP) is 5.08. The van der Waals surface area contributed by atoms with Crippen LogP contribution in [0.25, 0.3) is 10.2 Å². The molecule has 2 unspecified atom stereocenters. The number of anilines is 1. The van der Waals surface area contributed by atoms with Crippen LogP contribution in [-0.4, -0.2) is 35.1 Å². The van der Waals surface area contributed by atoms with E-state index in [9.17, 15) is 0 Å². The molecule has 29 heavy (non-hydrogen) atoms. The van der Waals surface area contributed by atoms with Crippen LogP contribution in [0.15, 0.2) is 36.4 Å². The van der Waals surface area contributed by atoms with Gasteiger partial charge >= 0.3 is 0 Å². The molecule has 0 N–H and O–H groups in total. The number of hydrogen-bond donors (Lipinski definition) is 0. The lowest BCUT2D eigenvalue weighted by atomic mass is 10.0. The highest BCUT2D eigenvalue weighted by Crippen LogP contribution is 2.32. The summed E-state index contributed by atoms with van der Waals surface area (Å²) in [5.41, 5.74) is 6.04. The van der Waals surface area contributed by atoms with Crippen molar-refractivity contribution >= 4 is 26.7 Å². The summed E-state index contributed by atoms with van der Waals surface area (Å²) in [5.74, 6) is 0. The normalized spacial score (nSPS) is 20.2. The van der Waals surface area contributed by atoms with E-state index in [1.807, 2.05) is 0 Å². The summed E-state index contributed by atoms with van der Waals surface area (Å²) in [6.45, 7) is 11.8. The molecule has 3 aromatic rings. The zero-order valence-corrected chi connectivity index (χ0v) is 18.5. The number of aryl methyl sites for hydroxylation is 2. The minimum absolute atomic E-state index is 0.437. The first kappa shape index (κ1) is 19.9. The van der Waals surface area contributed by atoms with Crippen LogP contribution >= 0.6 is 11.3 Å². The largest absolute Gasteiger partial charge is 0.345 e. The summed E-state index contributed by atoms with van der Waals surface area (Å²) >= 11 is 1.80. The van der Waals surface area contributed by atoms with Crippen LogP contribution in [0.4, 0.5) is 5.13 Å². The first-order valence-corrected chi connectivity index (χ1v) is 11.1. The van der Waals surface area contributed by atoms with E-state index in [2.05, 4.69) is 80.0 Å². The number of piperazine rings is 1. The third-order valence-electron chi connectivity index (χ3n) is 5.75. The van der Waals surface area contributed by atoms with Gasteiger partial charge in [-0.25, -0.2) is 4.98 Å². The number of nitriles is 1. The molecule has 0 bridgehead atoms. The minimum atomic E-state index is 0.437. The smallest absolute Gasteiger partial charge is 0.186 e. The number of aromatic nitrogens is 1. The highest BCUT2D eigenvalue weighted by Gasteiger charge is 2.31. The van der Waals surface area contributed by atoms with Crippen LogP contribution in [0.5, 0.6) is 0 Å². The van der Waals surface area contributed by atoms with Crippen LogP contribution in [0.2, 0.25) is 0 Å². The van der Waals surface area contributed by atoms with Crippen molar-refractivity contribution in [3.63, 3.8) is 0 Å². The van der Waals surface area contributed by atoms with Crippen LogP contribution in [-0.2, 0) is 13.0 Å². The van der Waals surface area contributed by atoms with E-state index in [1.54, 1.807) is 11.3 Å². The Hall–Kier alpha value is -2.42. The second kappa shape index (κ2) is 8.14. The maximum absolute atomic E-state index is 9.04. The van der Waals surface area contributed by atoms with Gasteiger partial charge in [0.15, 0.2) is 5.13 Å². The van der Waals surface area contributed by atoms with E-state index in [0.717, 1.165) is 35.8 Å². The number of nitrogens with zero attached hydrogens (tertiary/aromatic N) is 4. The topological polar surface area (TPSA) is 43.2 Å². The standard InChI is InChI=1S/C24H28N4S/c1-16-5-6-22-23(11-16)29-24(26-22)27-13-18(3)28(19(4)14-27)15-21-10-17(2)9-20(12-21)7-8-25/h5-6,9-12,18-19H,7,13-15H2,1-4H3. The molecule has 4 rings (SSSR count). The fourth-order valence-electron chi connectivity index (χ4n) is 4.42. The number of rotatable bonds is 4.